The van der Waals surface area contributed by atoms with E-state index >= 15 is 0 Å². The van der Waals surface area contributed by atoms with Gasteiger partial charge in [-0.05, 0) is 24.3 Å². The summed E-state index contributed by atoms with van der Waals surface area (Å²) in [5, 5.41) is 9.06. The van der Waals surface area contributed by atoms with Crippen LogP contribution in [0.3, 0.4) is 0 Å². The number of H-pyrrole nitrogens is 1. The summed E-state index contributed by atoms with van der Waals surface area (Å²) < 4.78 is 5.01. The maximum absolute atomic E-state index is 11.7. The average molecular weight is 217 g/mol. The number of hydrogen-bond acceptors (Lipinski definition) is 3. The third kappa shape index (κ3) is 2.20. The summed E-state index contributed by atoms with van der Waals surface area (Å²) >= 11 is 0. The maximum Gasteiger partial charge on any atom is 0.255 e. The number of carbonyl (C=O) groups is 1. The molecule has 1 aromatic heterocycles. The fraction of sp³-hybridized carbons (Fsp3) is 0.0909. The lowest BCUT2D eigenvalue weighted by Gasteiger charge is -2.03. The van der Waals surface area contributed by atoms with E-state index in [0.29, 0.717) is 11.3 Å². The van der Waals surface area contributed by atoms with E-state index in [1.807, 2.05) is 0 Å². The monoisotopic (exact) mass is 217 g/mol. The van der Waals surface area contributed by atoms with Crippen LogP contribution in [0.25, 0.3) is 0 Å². The number of amides is 1. The summed E-state index contributed by atoms with van der Waals surface area (Å²) in [5.74, 6) is 0.545. The number of anilines is 1. The van der Waals surface area contributed by atoms with Crippen molar-refractivity contribution in [3.8, 4) is 5.75 Å². The Bertz CT molecular complexity index is 462. The molecule has 1 heterocycles. The Kier molecular flexibility index (Phi) is 2.86. The van der Waals surface area contributed by atoms with Crippen molar-refractivity contribution in [2.45, 2.75) is 0 Å². The fourth-order valence-electron chi connectivity index (χ4n) is 1.26. The van der Waals surface area contributed by atoms with E-state index in [2.05, 4.69) is 15.5 Å². The van der Waals surface area contributed by atoms with E-state index in [0.717, 1.165) is 5.75 Å². The van der Waals surface area contributed by atoms with Gasteiger partial charge in [0.25, 0.3) is 5.91 Å². The van der Waals surface area contributed by atoms with Crippen molar-refractivity contribution in [3.63, 3.8) is 0 Å². The lowest BCUT2D eigenvalue weighted by molar-refractivity contribution is 0.102. The van der Waals surface area contributed by atoms with Gasteiger partial charge in [0, 0.05) is 11.8 Å². The van der Waals surface area contributed by atoms with Crippen LogP contribution in [-0.2, 0) is 0 Å². The number of carbonyl (C=O) groups excluding carboxylic acids is 1. The van der Waals surface area contributed by atoms with Crippen LogP contribution in [0.2, 0.25) is 0 Å². The van der Waals surface area contributed by atoms with Crippen molar-refractivity contribution >= 4 is 11.6 Å². The van der Waals surface area contributed by atoms with Crippen molar-refractivity contribution in [1.29, 1.82) is 0 Å². The number of ether oxygens (including phenoxy) is 1. The second-order valence-corrected chi connectivity index (χ2v) is 3.17. The maximum atomic E-state index is 11.7. The summed E-state index contributed by atoms with van der Waals surface area (Å²) in [7, 11) is 1.58. The molecule has 0 radical (unpaired) electrons. The highest BCUT2D eigenvalue weighted by Gasteiger charge is 2.06. The zero-order chi connectivity index (χ0) is 11.4. The molecule has 82 valence electrons. The Morgan fingerprint density at radius 2 is 2.12 bits per heavy atom. The topological polar surface area (TPSA) is 67.0 Å². The molecule has 0 aliphatic heterocycles. The Balaban J connectivity index is 2.09. The number of benzene rings is 1. The first-order chi connectivity index (χ1) is 7.79. The largest absolute Gasteiger partial charge is 0.497 e. The molecule has 0 saturated carbocycles. The third-order valence-corrected chi connectivity index (χ3v) is 2.11. The van der Waals surface area contributed by atoms with Gasteiger partial charge in [-0.2, -0.15) is 5.10 Å². The minimum Gasteiger partial charge on any atom is -0.497 e. The molecule has 0 spiro atoms. The highest BCUT2D eigenvalue weighted by molar-refractivity contribution is 6.04. The molecule has 0 unspecified atom stereocenters. The molecule has 0 atom stereocenters. The van der Waals surface area contributed by atoms with E-state index in [9.17, 15) is 4.79 Å². The van der Waals surface area contributed by atoms with Crippen molar-refractivity contribution in [1.82, 2.24) is 10.2 Å². The minimum atomic E-state index is -0.177. The molecule has 0 aliphatic rings. The zero-order valence-corrected chi connectivity index (χ0v) is 8.73. The van der Waals surface area contributed by atoms with Gasteiger partial charge >= 0.3 is 0 Å². The second-order valence-electron chi connectivity index (χ2n) is 3.17. The summed E-state index contributed by atoms with van der Waals surface area (Å²) in [6, 6.07) is 6.89. The highest BCUT2D eigenvalue weighted by atomic mass is 16.5. The average Bonchev–Trinajstić information content (AvgIpc) is 2.82. The summed E-state index contributed by atoms with van der Waals surface area (Å²) in [6.07, 6.45) is 3.16. The summed E-state index contributed by atoms with van der Waals surface area (Å²) in [5.41, 5.74) is 1.21. The number of aromatic amines is 1. The third-order valence-electron chi connectivity index (χ3n) is 2.11. The van der Waals surface area contributed by atoms with Crippen LogP contribution in [0.1, 0.15) is 10.4 Å². The Labute approximate surface area is 92.4 Å². The predicted octanol–water partition coefficient (Wildman–Crippen LogP) is 1.67. The van der Waals surface area contributed by atoms with Gasteiger partial charge in [0.2, 0.25) is 0 Å². The number of nitrogens with one attached hydrogen (secondary N) is 2. The standard InChI is InChI=1S/C11H11N3O2/c1-16-10-4-2-8(3-5-10)11(15)14-9-6-12-13-7-9/h2-7H,1H3,(H,12,13)(H,14,15). The van der Waals surface area contributed by atoms with E-state index in [1.165, 1.54) is 0 Å². The van der Waals surface area contributed by atoms with Crippen LogP contribution >= 0.6 is 0 Å². The minimum absolute atomic E-state index is 0.177. The van der Waals surface area contributed by atoms with Crippen LogP contribution in [0.4, 0.5) is 5.69 Å². The first-order valence-corrected chi connectivity index (χ1v) is 4.74. The fourth-order valence-corrected chi connectivity index (χ4v) is 1.26. The number of rotatable bonds is 3. The van der Waals surface area contributed by atoms with Crippen LogP contribution in [0.5, 0.6) is 5.75 Å². The first kappa shape index (κ1) is 10.2. The van der Waals surface area contributed by atoms with Gasteiger partial charge in [0.05, 0.1) is 19.0 Å². The highest BCUT2D eigenvalue weighted by Crippen LogP contribution is 2.12. The van der Waals surface area contributed by atoms with Crippen LogP contribution in [0, 0.1) is 0 Å². The molecular formula is C11H11N3O2. The molecular weight excluding hydrogens is 206 g/mol. The van der Waals surface area contributed by atoms with Gasteiger partial charge in [0.1, 0.15) is 5.75 Å². The van der Waals surface area contributed by atoms with E-state index in [-0.39, 0.29) is 5.91 Å². The molecule has 5 nitrogen and oxygen atoms in total. The number of aromatic nitrogens is 2. The first-order valence-electron chi connectivity index (χ1n) is 4.74. The van der Waals surface area contributed by atoms with E-state index in [4.69, 9.17) is 4.74 Å². The Hall–Kier alpha value is -2.30. The SMILES string of the molecule is COc1ccc(C(=O)Nc2cn[nH]c2)cc1. The van der Waals surface area contributed by atoms with Crippen molar-refractivity contribution in [2.24, 2.45) is 0 Å². The lowest BCUT2D eigenvalue weighted by Crippen LogP contribution is -2.11. The molecule has 2 N–H and O–H groups in total. The second kappa shape index (κ2) is 4.48. The molecule has 0 aliphatic carbocycles. The van der Waals surface area contributed by atoms with Crippen molar-refractivity contribution in [3.05, 3.63) is 42.2 Å². The Morgan fingerprint density at radius 1 is 1.38 bits per heavy atom. The smallest absolute Gasteiger partial charge is 0.255 e. The predicted molar refractivity (Wildman–Crippen MR) is 59.5 cm³/mol. The molecule has 2 rings (SSSR count). The molecule has 0 fully saturated rings. The number of methoxy groups -OCH3 is 1. The van der Waals surface area contributed by atoms with Crippen molar-refractivity contribution < 1.29 is 9.53 Å². The van der Waals surface area contributed by atoms with Crippen molar-refractivity contribution in [2.75, 3.05) is 12.4 Å². The van der Waals surface area contributed by atoms with Gasteiger partial charge < -0.3 is 10.1 Å². The zero-order valence-electron chi connectivity index (χ0n) is 8.73. The van der Waals surface area contributed by atoms with Crippen LogP contribution < -0.4 is 10.1 Å². The van der Waals surface area contributed by atoms with Gasteiger partial charge in [-0.1, -0.05) is 0 Å². The van der Waals surface area contributed by atoms with Gasteiger partial charge in [-0.3, -0.25) is 9.89 Å². The normalized spacial score (nSPS) is 9.81. The molecule has 0 saturated heterocycles. The van der Waals surface area contributed by atoms with E-state index in [1.54, 1.807) is 43.8 Å². The number of hydrogen-bond donors (Lipinski definition) is 2. The van der Waals surface area contributed by atoms with E-state index < -0.39 is 0 Å². The molecule has 1 amide bonds. The lowest BCUT2D eigenvalue weighted by atomic mass is 10.2. The number of nitrogens with zero attached hydrogens (tertiary/aromatic N) is 1. The summed E-state index contributed by atoms with van der Waals surface area (Å²) in [6.45, 7) is 0. The quantitative estimate of drug-likeness (QED) is 0.821. The van der Waals surface area contributed by atoms with Gasteiger partial charge in [0.15, 0.2) is 0 Å². The van der Waals surface area contributed by atoms with Gasteiger partial charge in [-0.25, -0.2) is 0 Å². The Morgan fingerprint density at radius 3 is 2.69 bits per heavy atom. The molecule has 16 heavy (non-hydrogen) atoms. The molecule has 1 aromatic carbocycles. The summed E-state index contributed by atoms with van der Waals surface area (Å²) in [4.78, 5) is 11.7. The van der Waals surface area contributed by atoms with Crippen LogP contribution in [-0.4, -0.2) is 23.2 Å². The molecule has 0 bridgehead atoms. The molecule has 2 aromatic rings. The molecule has 5 heteroatoms. The van der Waals surface area contributed by atoms with Gasteiger partial charge in [-0.15, -0.1) is 0 Å². The van der Waals surface area contributed by atoms with Crippen LogP contribution in [0.15, 0.2) is 36.7 Å².